The Morgan fingerprint density at radius 3 is 0.818 bits per heavy atom. The van der Waals surface area contributed by atoms with Crippen LogP contribution in [0, 0.1) is 27.7 Å². The van der Waals surface area contributed by atoms with Crippen LogP contribution < -0.4 is 0 Å². The standard InChI is InChI=1S/C17H20.C14H14.C2H6/c1-13-5-9-15(10-6-13)17(3,4)16-11-7-14(2)8-12-16;1-11-3-7-13(8-4-11)14-9-5-12(2)6-10-14;1-2/h5-12H,1-4H3;3-10H,1-2H3;1-2H3. The Bertz CT molecular complexity index is 988. The summed E-state index contributed by atoms with van der Waals surface area (Å²) in [5.41, 5.74) is 10.6. The van der Waals surface area contributed by atoms with Crippen LogP contribution in [0.2, 0.25) is 0 Å². The van der Waals surface area contributed by atoms with Crippen molar-refractivity contribution >= 4 is 0 Å². The van der Waals surface area contributed by atoms with Crippen molar-refractivity contribution in [2.45, 2.75) is 60.8 Å². The zero-order valence-corrected chi connectivity index (χ0v) is 21.7. The van der Waals surface area contributed by atoms with Crippen LogP contribution in [0.4, 0.5) is 0 Å². The Morgan fingerprint density at radius 1 is 0.364 bits per heavy atom. The van der Waals surface area contributed by atoms with Crippen LogP contribution in [0.5, 0.6) is 0 Å². The van der Waals surface area contributed by atoms with E-state index in [4.69, 9.17) is 0 Å². The summed E-state index contributed by atoms with van der Waals surface area (Å²) < 4.78 is 0. The molecule has 0 N–H and O–H groups in total. The molecule has 0 aromatic heterocycles. The fraction of sp³-hybridized carbons (Fsp3) is 0.273. The molecule has 0 aliphatic heterocycles. The van der Waals surface area contributed by atoms with Crippen molar-refractivity contribution in [1.82, 2.24) is 0 Å². The molecule has 0 unspecified atom stereocenters. The topological polar surface area (TPSA) is 0 Å². The molecule has 0 heteroatoms. The van der Waals surface area contributed by atoms with Crippen molar-refractivity contribution in [3.63, 3.8) is 0 Å². The van der Waals surface area contributed by atoms with Crippen LogP contribution in [0.1, 0.15) is 61.1 Å². The van der Waals surface area contributed by atoms with Gasteiger partial charge in [0.25, 0.3) is 0 Å². The summed E-state index contributed by atoms with van der Waals surface area (Å²) in [6.45, 7) is 17.0. The van der Waals surface area contributed by atoms with Crippen molar-refractivity contribution in [3.05, 3.63) is 130 Å². The first-order valence-corrected chi connectivity index (χ1v) is 12.0. The Hall–Kier alpha value is -3.12. The average Bonchev–Trinajstić information content (AvgIpc) is 2.82. The molecule has 33 heavy (non-hydrogen) atoms. The van der Waals surface area contributed by atoms with E-state index in [1.54, 1.807) is 0 Å². The fourth-order valence-corrected chi connectivity index (χ4v) is 3.60. The van der Waals surface area contributed by atoms with Gasteiger partial charge in [-0.2, -0.15) is 0 Å². The molecule has 0 aliphatic carbocycles. The van der Waals surface area contributed by atoms with Crippen molar-refractivity contribution in [1.29, 1.82) is 0 Å². The molecule has 0 saturated heterocycles. The second-order valence-electron chi connectivity index (χ2n) is 9.09. The van der Waals surface area contributed by atoms with E-state index in [9.17, 15) is 0 Å². The molecule has 0 spiro atoms. The van der Waals surface area contributed by atoms with E-state index in [-0.39, 0.29) is 5.41 Å². The normalized spacial score (nSPS) is 10.4. The SMILES string of the molecule is CC.Cc1ccc(-c2ccc(C)cc2)cc1.Cc1ccc(C(C)(C)c2ccc(C)cc2)cc1. The van der Waals surface area contributed by atoms with Gasteiger partial charge in [-0.3, -0.25) is 0 Å². The first kappa shape index (κ1) is 26.1. The van der Waals surface area contributed by atoms with E-state index in [1.165, 1.54) is 44.5 Å². The predicted molar refractivity (Wildman–Crippen MR) is 147 cm³/mol. The lowest BCUT2D eigenvalue weighted by molar-refractivity contribution is 0.640. The second-order valence-corrected chi connectivity index (χ2v) is 9.09. The molecule has 0 nitrogen and oxygen atoms in total. The molecule has 0 radical (unpaired) electrons. The van der Waals surface area contributed by atoms with Crippen LogP contribution in [-0.2, 0) is 5.41 Å². The Morgan fingerprint density at radius 2 is 0.576 bits per heavy atom. The van der Waals surface area contributed by atoms with Gasteiger partial charge >= 0.3 is 0 Å². The van der Waals surface area contributed by atoms with Gasteiger partial charge in [-0.1, -0.05) is 147 Å². The smallest absolute Gasteiger partial charge is 0.0146 e. The van der Waals surface area contributed by atoms with E-state index in [2.05, 4.69) is 139 Å². The Balaban J connectivity index is 0.000000221. The Labute approximate surface area is 202 Å². The molecule has 0 saturated carbocycles. The molecule has 0 fully saturated rings. The van der Waals surface area contributed by atoms with Gasteiger partial charge < -0.3 is 0 Å². The molecule has 0 heterocycles. The molecular formula is C33H40. The number of aryl methyl sites for hydroxylation is 4. The first-order chi connectivity index (χ1) is 15.8. The van der Waals surface area contributed by atoms with Gasteiger partial charge in [0, 0.05) is 5.41 Å². The third kappa shape index (κ3) is 7.46. The number of hydrogen-bond donors (Lipinski definition) is 0. The predicted octanol–water partition coefficient (Wildman–Crippen LogP) is 9.63. The van der Waals surface area contributed by atoms with Crippen LogP contribution in [0.25, 0.3) is 11.1 Å². The number of rotatable bonds is 3. The van der Waals surface area contributed by atoms with Gasteiger partial charge in [-0.25, -0.2) is 0 Å². The third-order valence-corrected chi connectivity index (χ3v) is 5.98. The van der Waals surface area contributed by atoms with Gasteiger partial charge in [-0.05, 0) is 49.9 Å². The number of hydrogen-bond acceptors (Lipinski definition) is 0. The molecule has 172 valence electrons. The van der Waals surface area contributed by atoms with Crippen molar-refractivity contribution < 1.29 is 0 Å². The summed E-state index contributed by atoms with van der Waals surface area (Å²) in [7, 11) is 0. The van der Waals surface area contributed by atoms with Gasteiger partial charge in [0.05, 0.1) is 0 Å². The largest absolute Gasteiger partial charge is 0.0683 e. The lowest BCUT2D eigenvalue weighted by Crippen LogP contribution is -2.18. The maximum atomic E-state index is 2.28. The molecule has 4 rings (SSSR count). The summed E-state index contributed by atoms with van der Waals surface area (Å²) in [5, 5.41) is 0. The molecule has 0 amide bonds. The minimum atomic E-state index is 0.0708. The van der Waals surface area contributed by atoms with Crippen molar-refractivity contribution in [2.24, 2.45) is 0 Å². The molecule has 0 aliphatic rings. The molecular weight excluding hydrogens is 396 g/mol. The van der Waals surface area contributed by atoms with Crippen LogP contribution in [-0.4, -0.2) is 0 Å². The van der Waals surface area contributed by atoms with Crippen LogP contribution in [0.3, 0.4) is 0 Å². The molecule has 0 bridgehead atoms. The summed E-state index contributed by atoms with van der Waals surface area (Å²) in [6, 6.07) is 34.9. The minimum Gasteiger partial charge on any atom is -0.0683 e. The zero-order valence-electron chi connectivity index (χ0n) is 21.7. The Kier molecular flexibility index (Phi) is 9.67. The quantitative estimate of drug-likeness (QED) is 0.300. The molecule has 4 aromatic carbocycles. The van der Waals surface area contributed by atoms with E-state index in [1.807, 2.05) is 13.8 Å². The van der Waals surface area contributed by atoms with Gasteiger partial charge in [0.1, 0.15) is 0 Å². The second kappa shape index (κ2) is 12.2. The summed E-state index contributed by atoms with van der Waals surface area (Å²) in [5.74, 6) is 0. The van der Waals surface area contributed by atoms with E-state index in [0.717, 1.165) is 0 Å². The van der Waals surface area contributed by atoms with Crippen LogP contribution in [0.15, 0.2) is 97.1 Å². The summed E-state index contributed by atoms with van der Waals surface area (Å²) in [4.78, 5) is 0. The highest BCUT2D eigenvalue weighted by atomic mass is 14.3. The zero-order chi connectivity index (χ0) is 24.4. The highest BCUT2D eigenvalue weighted by Crippen LogP contribution is 2.31. The van der Waals surface area contributed by atoms with Crippen molar-refractivity contribution in [3.8, 4) is 11.1 Å². The lowest BCUT2D eigenvalue weighted by atomic mass is 9.78. The summed E-state index contributed by atoms with van der Waals surface area (Å²) in [6.07, 6.45) is 0. The lowest BCUT2D eigenvalue weighted by Gasteiger charge is -2.26. The highest BCUT2D eigenvalue weighted by Gasteiger charge is 2.22. The van der Waals surface area contributed by atoms with Crippen molar-refractivity contribution in [2.75, 3.05) is 0 Å². The highest BCUT2D eigenvalue weighted by molar-refractivity contribution is 5.63. The monoisotopic (exact) mass is 436 g/mol. The number of benzene rings is 4. The van der Waals surface area contributed by atoms with Crippen LogP contribution >= 0.6 is 0 Å². The average molecular weight is 437 g/mol. The molecule has 0 atom stereocenters. The van der Waals surface area contributed by atoms with Gasteiger partial charge in [-0.15, -0.1) is 0 Å². The minimum absolute atomic E-state index is 0.0708. The van der Waals surface area contributed by atoms with Gasteiger partial charge in [0.2, 0.25) is 0 Å². The maximum absolute atomic E-state index is 2.28. The van der Waals surface area contributed by atoms with E-state index < -0.39 is 0 Å². The maximum Gasteiger partial charge on any atom is 0.0146 e. The first-order valence-electron chi connectivity index (χ1n) is 12.0. The third-order valence-electron chi connectivity index (χ3n) is 5.98. The van der Waals surface area contributed by atoms with E-state index in [0.29, 0.717) is 0 Å². The van der Waals surface area contributed by atoms with Gasteiger partial charge in [0.15, 0.2) is 0 Å². The summed E-state index contributed by atoms with van der Waals surface area (Å²) >= 11 is 0. The molecule has 4 aromatic rings. The fourth-order valence-electron chi connectivity index (χ4n) is 3.60. The van der Waals surface area contributed by atoms with E-state index >= 15 is 0 Å².